The number of hydrogen-bond donors (Lipinski definition) is 1. The second kappa shape index (κ2) is 9.45. The first-order valence-corrected chi connectivity index (χ1v) is 9.96. The van der Waals surface area contributed by atoms with Crippen molar-refractivity contribution in [3.63, 3.8) is 0 Å². The molecule has 0 radical (unpaired) electrons. The highest BCUT2D eigenvalue weighted by Gasteiger charge is 2.24. The molecule has 0 unspecified atom stereocenters. The zero-order chi connectivity index (χ0) is 20.8. The molecular formula is C23H28N2O4. The average molecular weight is 396 g/mol. The van der Waals surface area contributed by atoms with Crippen LogP contribution >= 0.6 is 0 Å². The van der Waals surface area contributed by atoms with Gasteiger partial charge in [0.15, 0.2) is 6.61 Å². The van der Waals surface area contributed by atoms with E-state index >= 15 is 0 Å². The summed E-state index contributed by atoms with van der Waals surface area (Å²) >= 11 is 0. The molecule has 0 aliphatic carbocycles. The van der Waals surface area contributed by atoms with Gasteiger partial charge < -0.3 is 19.7 Å². The van der Waals surface area contributed by atoms with Gasteiger partial charge in [-0.1, -0.05) is 13.8 Å². The second-order valence-electron chi connectivity index (χ2n) is 7.58. The number of nitrogens with one attached hydrogen (secondary N) is 1. The molecule has 0 fully saturated rings. The second-order valence-corrected chi connectivity index (χ2v) is 7.58. The molecule has 0 aromatic heterocycles. The monoisotopic (exact) mass is 396 g/mol. The predicted molar refractivity (Wildman–Crippen MR) is 114 cm³/mol. The molecule has 1 N–H and O–H groups in total. The molecule has 29 heavy (non-hydrogen) atoms. The van der Waals surface area contributed by atoms with E-state index < -0.39 is 0 Å². The van der Waals surface area contributed by atoms with Gasteiger partial charge in [-0.3, -0.25) is 9.59 Å². The molecule has 1 aliphatic rings. The van der Waals surface area contributed by atoms with Crippen LogP contribution in [0, 0.1) is 5.92 Å². The zero-order valence-corrected chi connectivity index (χ0v) is 17.2. The van der Waals surface area contributed by atoms with E-state index in [2.05, 4.69) is 19.2 Å². The number of amides is 2. The fraction of sp³-hybridized carbons (Fsp3) is 0.391. The SMILES string of the molecule is COc1ccc(OCC(=O)Nc2ccc3c(c2)CCC(=O)N3CCC(C)C)cc1. The van der Waals surface area contributed by atoms with Crippen LogP contribution in [0.1, 0.15) is 32.3 Å². The van der Waals surface area contributed by atoms with Crippen molar-refractivity contribution in [1.82, 2.24) is 0 Å². The fourth-order valence-electron chi connectivity index (χ4n) is 3.29. The Morgan fingerprint density at radius 2 is 1.83 bits per heavy atom. The van der Waals surface area contributed by atoms with Crippen molar-refractivity contribution in [1.29, 1.82) is 0 Å². The summed E-state index contributed by atoms with van der Waals surface area (Å²) in [6.07, 6.45) is 2.16. The van der Waals surface area contributed by atoms with Gasteiger partial charge in [-0.2, -0.15) is 0 Å². The zero-order valence-electron chi connectivity index (χ0n) is 17.2. The lowest BCUT2D eigenvalue weighted by Crippen LogP contribution is -2.36. The molecule has 1 aliphatic heterocycles. The van der Waals surface area contributed by atoms with Gasteiger partial charge in [-0.05, 0) is 66.8 Å². The topological polar surface area (TPSA) is 67.9 Å². The first kappa shape index (κ1) is 20.7. The smallest absolute Gasteiger partial charge is 0.262 e. The van der Waals surface area contributed by atoms with Crippen molar-refractivity contribution in [2.24, 2.45) is 5.92 Å². The fourth-order valence-corrected chi connectivity index (χ4v) is 3.29. The number of nitrogens with zero attached hydrogens (tertiary/aromatic N) is 1. The quantitative estimate of drug-likeness (QED) is 0.731. The lowest BCUT2D eigenvalue weighted by molar-refractivity contribution is -0.119. The Morgan fingerprint density at radius 3 is 2.52 bits per heavy atom. The van der Waals surface area contributed by atoms with E-state index in [0.717, 1.165) is 30.0 Å². The average Bonchev–Trinajstić information content (AvgIpc) is 2.72. The number of ether oxygens (including phenoxy) is 2. The third-order valence-corrected chi connectivity index (χ3v) is 4.92. The number of methoxy groups -OCH3 is 1. The largest absolute Gasteiger partial charge is 0.497 e. The van der Waals surface area contributed by atoms with Crippen molar-refractivity contribution in [2.75, 3.05) is 30.5 Å². The third-order valence-electron chi connectivity index (χ3n) is 4.92. The molecule has 0 saturated heterocycles. The minimum absolute atomic E-state index is 0.0809. The van der Waals surface area contributed by atoms with Crippen molar-refractivity contribution in [3.8, 4) is 11.5 Å². The molecule has 0 atom stereocenters. The Balaban J connectivity index is 1.60. The van der Waals surface area contributed by atoms with Gasteiger partial charge in [0.05, 0.1) is 7.11 Å². The molecule has 6 nitrogen and oxygen atoms in total. The maximum atomic E-state index is 12.3. The van der Waals surface area contributed by atoms with Crippen LogP contribution < -0.4 is 19.7 Å². The molecule has 2 aromatic rings. The summed E-state index contributed by atoms with van der Waals surface area (Å²) in [6, 6.07) is 12.8. The van der Waals surface area contributed by atoms with Crippen LogP contribution in [0.4, 0.5) is 11.4 Å². The van der Waals surface area contributed by atoms with Crippen LogP contribution in [0.15, 0.2) is 42.5 Å². The lowest BCUT2D eigenvalue weighted by Gasteiger charge is -2.30. The Hall–Kier alpha value is -3.02. The van der Waals surface area contributed by atoms with E-state index in [1.807, 2.05) is 23.1 Å². The van der Waals surface area contributed by atoms with E-state index in [0.29, 0.717) is 30.2 Å². The van der Waals surface area contributed by atoms with Crippen molar-refractivity contribution < 1.29 is 19.1 Å². The van der Waals surface area contributed by atoms with Crippen molar-refractivity contribution in [2.45, 2.75) is 33.1 Å². The van der Waals surface area contributed by atoms with Gasteiger partial charge >= 0.3 is 0 Å². The van der Waals surface area contributed by atoms with Crippen LogP contribution in [0.25, 0.3) is 0 Å². The number of carbonyl (C=O) groups is 2. The first-order chi connectivity index (χ1) is 14.0. The molecule has 1 heterocycles. The van der Waals surface area contributed by atoms with Crippen molar-refractivity contribution in [3.05, 3.63) is 48.0 Å². The predicted octanol–water partition coefficient (Wildman–Crippen LogP) is 4.04. The van der Waals surface area contributed by atoms with E-state index in [4.69, 9.17) is 9.47 Å². The number of benzene rings is 2. The van der Waals surface area contributed by atoms with E-state index in [-0.39, 0.29) is 18.4 Å². The summed E-state index contributed by atoms with van der Waals surface area (Å²) in [5.41, 5.74) is 2.75. The summed E-state index contributed by atoms with van der Waals surface area (Å²) in [4.78, 5) is 26.4. The van der Waals surface area contributed by atoms with Crippen molar-refractivity contribution >= 4 is 23.2 Å². The number of rotatable bonds is 8. The molecule has 0 saturated carbocycles. The number of hydrogen-bond acceptors (Lipinski definition) is 4. The van der Waals surface area contributed by atoms with Gasteiger partial charge in [0.1, 0.15) is 11.5 Å². The third kappa shape index (κ3) is 5.50. The maximum Gasteiger partial charge on any atom is 0.262 e. The minimum atomic E-state index is -0.232. The summed E-state index contributed by atoms with van der Waals surface area (Å²) < 4.78 is 10.6. The number of anilines is 2. The molecule has 0 bridgehead atoms. The normalized spacial score (nSPS) is 13.2. The molecule has 0 spiro atoms. The Bertz CT molecular complexity index is 862. The molecule has 3 rings (SSSR count). The Kier molecular flexibility index (Phi) is 6.75. The summed E-state index contributed by atoms with van der Waals surface area (Å²) in [5.74, 6) is 1.81. The molecule has 2 aromatic carbocycles. The summed E-state index contributed by atoms with van der Waals surface area (Å²) in [5, 5.41) is 2.87. The van der Waals surface area contributed by atoms with Crippen LogP contribution in [0.2, 0.25) is 0 Å². The number of aryl methyl sites for hydroxylation is 1. The number of fused-ring (bicyclic) bond motifs is 1. The van der Waals surface area contributed by atoms with Gasteiger partial charge in [0, 0.05) is 24.3 Å². The number of carbonyl (C=O) groups excluding carboxylic acids is 2. The van der Waals surface area contributed by atoms with Gasteiger partial charge in [0.25, 0.3) is 5.91 Å². The minimum Gasteiger partial charge on any atom is -0.497 e. The molecule has 154 valence electrons. The highest BCUT2D eigenvalue weighted by atomic mass is 16.5. The lowest BCUT2D eigenvalue weighted by atomic mass is 9.99. The highest BCUT2D eigenvalue weighted by Crippen LogP contribution is 2.31. The van der Waals surface area contributed by atoms with Gasteiger partial charge in [-0.15, -0.1) is 0 Å². The van der Waals surface area contributed by atoms with E-state index in [1.165, 1.54) is 0 Å². The summed E-state index contributed by atoms with van der Waals surface area (Å²) in [6.45, 7) is 4.96. The van der Waals surface area contributed by atoms with E-state index in [9.17, 15) is 9.59 Å². The standard InChI is InChI=1S/C23H28N2O4/c1-16(2)12-13-25-21-10-5-18(14-17(21)4-11-23(25)27)24-22(26)15-29-20-8-6-19(28-3)7-9-20/h5-10,14,16H,4,11-13,15H2,1-3H3,(H,24,26). The molecule has 2 amide bonds. The first-order valence-electron chi connectivity index (χ1n) is 9.96. The Morgan fingerprint density at radius 1 is 1.10 bits per heavy atom. The van der Waals surface area contributed by atoms with Crippen LogP contribution in [-0.4, -0.2) is 32.1 Å². The van der Waals surface area contributed by atoms with Crippen LogP contribution in [0.5, 0.6) is 11.5 Å². The molecular weight excluding hydrogens is 368 g/mol. The highest BCUT2D eigenvalue weighted by molar-refractivity contribution is 5.97. The van der Waals surface area contributed by atoms with E-state index in [1.54, 1.807) is 31.4 Å². The maximum absolute atomic E-state index is 12.3. The summed E-state index contributed by atoms with van der Waals surface area (Å²) in [7, 11) is 1.60. The van der Waals surface area contributed by atoms with Crippen LogP contribution in [-0.2, 0) is 16.0 Å². The van der Waals surface area contributed by atoms with Crippen LogP contribution in [0.3, 0.4) is 0 Å². The molecule has 6 heteroatoms. The Labute approximate surface area is 171 Å². The van der Waals surface area contributed by atoms with Gasteiger partial charge in [-0.25, -0.2) is 0 Å². The van der Waals surface area contributed by atoms with Gasteiger partial charge in [0.2, 0.25) is 5.91 Å².